The van der Waals surface area contributed by atoms with Gasteiger partial charge in [-0.25, -0.2) is 0 Å². The summed E-state index contributed by atoms with van der Waals surface area (Å²) in [6.07, 6.45) is -3.48. The third-order valence-electron chi connectivity index (χ3n) is 3.78. The molecular weight excluding hydrogens is 269 g/mol. The lowest BCUT2D eigenvalue weighted by molar-refractivity contribution is -0.137. The van der Waals surface area contributed by atoms with Gasteiger partial charge in [-0.3, -0.25) is 0 Å². The number of nitrogens with two attached hydrogens (primary N) is 1. The molecule has 1 aliphatic heterocycles. The van der Waals surface area contributed by atoms with E-state index >= 15 is 0 Å². The van der Waals surface area contributed by atoms with Crippen LogP contribution in [-0.4, -0.2) is 23.8 Å². The molecule has 20 heavy (non-hydrogen) atoms. The summed E-state index contributed by atoms with van der Waals surface area (Å²) in [5, 5.41) is 9.89. The molecule has 0 saturated carbocycles. The van der Waals surface area contributed by atoms with Gasteiger partial charge in [0.15, 0.2) is 0 Å². The Balaban J connectivity index is 2.32. The first-order valence-corrected chi connectivity index (χ1v) is 6.60. The molecule has 1 saturated heterocycles. The lowest BCUT2D eigenvalue weighted by Crippen LogP contribution is -2.43. The predicted octanol–water partition coefficient (Wildman–Crippen LogP) is 2.52. The number of rotatable bonds is 2. The Labute approximate surface area is 116 Å². The SMILES string of the molecule is CC1(O)CCN(c2ccc(CN)cc2C(F)(F)F)CC1. The Morgan fingerprint density at radius 2 is 1.90 bits per heavy atom. The molecule has 6 heteroatoms. The van der Waals surface area contributed by atoms with Crippen LogP contribution in [0.2, 0.25) is 0 Å². The van der Waals surface area contributed by atoms with E-state index in [1.165, 1.54) is 6.07 Å². The van der Waals surface area contributed by atoms with Crippen molar-refractivity contribution in [2.45, 2.75) is 38.1 Å². The van der Waals surface area contributed by atoms with E-state index in [0.29, 0.717) is 31.5 Å². The zero-order valence-corrected chi connectivity index (χ0v) is 11.4. The van der Waals surface area contributed by atoms with Crippen molar-refractivity contribution in [1.82, 2.24) is 0 Å². The molecular formula is C14H19F3N2O. The Hall–Kier alpha value is -1.27. The second-order valence-corrected chi connectivity index (χ2v) is 5.54. The van der Waals surface area contributed by atoms with E-state index < -0.39 is 17.3 Å². The second-order valence-electron chi connectivity index (χ2n) is 5.54. The van der Waals surface area contributed by atoms with E-state index in [4.69, 9.17) is 5.73 Å². The van der Waals surface area contributed by atoms with Crippen LogP contribution in [0.1, 0.15) is 30.9 Å². The van der Waals surface area contributed by atoms with Crippen LogP contribution in [0.25, 0.3) is 0 Å². The number of benzene rings is 1. The number of nitrogens with zero attached hydrogens (tertiary/aromatic N) is 1. The van der Waals surface area contributed by atoms with Crippen LogP contribution >= 0.6 is 0 Å². The number of hydrogen-bond donors (Lipinski definition) is 2. The van der Waals surface area contributed by atoms with Crippen molar-refractivity contribution in [3.8, 4) is 0 Å². The summed E-state index contributed by atoms with van der Waals surface area (Å²) in [6.45, 7) is 2.63. The first-order chi connectivity index (χ1) is 9.23. The van der Waals surface area contributed by atoms with Crippen LogP contribution in [0.3, 0.4) is 0 Å². The summed E-state index contributed by atoms with van der Waals surface area (Å²) in [5.74, 6) is 0. The van der Waals surface area contributed by atoms with Crippen molar-refractivity contribution in [3.63, 3.8) is 0 Å². The van der Waals surface area contributed by atoms with Gasteiger partial charge >= 0.3 is 6.18 Å². The third-order valence-corrected chi connectivity index (χ3v) is 3.78. The first kappa shape index (κ1) is 15.1. The van der Waals surface area contributed by atoms with Crippen LogP contribution in [0.5, 0.6) is 0 Å². The van der Waals surface area contributed by atoms with E-state index in [0.717, 1.165) is 6.07 Å². The molecule has 0 unspecified atom stereocenters. The lowest BCUT2D eigenvalue weighted by Gasteiger charge is -2.38. The van der Waals surface area contributed by atoms with Gasteiger partial charge < -0.3 is 15.7 Å². The molecule has 1 fully saturated rings. The summed E-state index contributed by atoms with van der Waals surface area (Å²) in [4.78, 5) is 1.68. The number of piperidine rings is 1. The van der Waals surface area contributed by atoms with Crippen LogP contribution in [0.15, 0.2) is 18.2 Å². The van der Waals surface area contributed by atoms with Gasteiger partial charge in [0, 0.05) is 25.3 Å². The number of halogens is 3. The molecule has 1 aromatic rings. The Morgan fingerprint density at radius 3 is 2.40 bits per heavy atom. The minimum absolute atomic E-state index is 0.0814. The maximum absolute atomic E-state index is 13.2. The Kier molecular flexibility index (Phi) is 3.97. The fraction of sp³-hybridized carbons (Fsp3) is 0.571. The van der Waals surface area contributed by atoms with Gasteiger partial charge in [-0.1, -0.05) is 6.07 Å². The highest BCUT2D eigenvalue weighted by Gasteiger charge is 2.36. The second kappa shape index (κ2) is 5.26. The number of alkyl halides is 3. The van der Waals surface area contributed by atoms with Crippen LogP contribution in [0.4, 0.5) is 18.9 Å². The van der Waals surface area contributed by atoms with Crippen LogP contribution < -0.4 is 10.6 Å². The molecule has 0 aromatic heterocycles. The van der Waals surface area contributed by atoms with Gasteiger partial charge in [0.2, 0.25) is 0 Å². The molecule has 2 rings (SSSR count). The predicted molar refractivity (Wildman–Crippen MR) is 71.4 cm³/mol. The highest BCUT2D eigenvalue weighted by atomic mass is 19.4. The van der Waals surface area contributed by atoms with Crippen molar-refractivity contribution in [1.29, 1.82) is 0 Å². The standard InChI is InChI=1S/C14H19F3N2O/c1-13(20)4-6-19(7-5-13)12-3-2-10(9-18)8-11(12)14(15,16)17/h2-3,8,20H,4-7,9,18H2,1H3. The van der Waals surface area contributed by atoms with E-state index in [1.54, 1.807) is 17.9 Å². The summed E-state index contributed by atoms with van der Waals surface area (Å²) < 4.78 is 39.5. The Bertz CT molecular complexity index is 476. The maximum atomic E-state index is 13.2. The fourth-order valence-electron chi connectivity index (χ4n) is 2.44. The van der Waals surface area contributed by atoms with Gasteiger partial charge in [-0.05, 0) is 37.5 Å². The molecule has 0 amide bonds. The average molecular weight is 288 g/mol. The molecule has 0 bridgehead atoms. The average Bonchev–Trinajstić information content (AvgIpc) is 2.37. The summed E-state index contributed by atoms with van der Waals surface area (Å²) in [7, 11) is 0. The lowest BCUT2D eigenvalue weighted by atomic mass is 9.93. The minimum Gasteiger partial charge on any atom is -0.390 e. The van der Waals surface area contributed by atoms with Crippen LogP contribution in [0, 0.1) is 0 Å². The molecule has 112 valence electrons. The van der Waals surface area contributed by atoms with Gasteiger partial charge in [0.25, 0.3) is 0 Å². The van der Waals surface area contributed by atoms with Gasteiger partial charge in [0.05, 0.1) is 11.2 Å². The van der Waals surface area contributed by atoms with Gasteiger partial charge in [-0.15, -0.1) is 0 Å². The monoisotopic (exact) mass is 288 g/mol. The third kappa shape index (κ3) is 3.24. The highest BCUT2D eigenvalue weighted by molar-refractivity contribution is 5.57. The molecule has 0 aliphatic carbocycles. The first-order valence-electron chi connectivity index (χ1n) is 6.60. The fourth-order valence-corrected chi connectivity index (χ4v) is 2.44. The van der Waals surface area contributed by atoms with E-state index in [-0.39, 0.29) is 12.2 Å². The Morgan fingerprint density at radius 1 is 1.30 bits per heavy atom. The minimum atomic E-state index is -4.40. The summed E-state index contributed by atoms with van der Waals surface area (Å²) in [5.41, 5.74) is 4.61. The van der Waals surface area contributed by atoms with Crippen molar-refractivity contribution in [3.05, 3.63) is 29.3 Å². The molecule has 0 radical (unpaired) electrons. The zero-order valence-electron chi connectivity index (χ0n) is 11.4. The van der Waals surface area contributed by atoms with E-state index in [1.807, 2.05) is 0 Å². The van der Waals surface area contributed by atoms with E-state index in [2.05, 4.69) is 0 Å². The summed E-state index contributed by atoms with van der Waals surface area (Å²) in [6, 6.07) is 4.21. The summed E-state index contributed by atoms with van der Waals surface area (Å²) >= 11 is 0. The highest BCUT2D eigenvalue weighted by Crippen LogP contribution is 2.38. The quantitative estimate of drug-likeness (QED) is 0.879. The largest absolute Gasteiger partial charge is 0.418 e. The maximum Gasteiger partial charge on any atom is 0.418 e. The molecule has 0 spiro atoms. The number of anilines is 1. The van der Waals surface area contributed by atoms with Gasteiger partial charge in [0.1, 0.15) is 0 Å². The molecule has 1 aromatic carbocycles. The number of hydrogen-bond acceptors (Lipinski definition) is 3. The molecule has 3 nitrogen and oxygen atoms in total. The molecule has 3 N–H and O–H groups in total. The van der Waals surface area contributed by atoms with Crippen molar-refractivity contribution >= 4 is 5.69 Å². The van der Waals surface area contributed by atoms with Gasteiger partial charge in [-0.2, -0.15) is 13.2 Å². The zero-order chi connectivity index (χ0) is 15.0. The van der Waals surface area contributed by atoms with Crippen molar-refractivity contribution in [2.75, 3.05) is 18.0 Å². The van der Waals surface area contributed by atoms with E-state index in [9.17, 15) is 18.3 Å². The van der Waals surface area contributed by atoms with Crippen molar-refractivity contribution < 1.29 is 18.3 Å². The van der Waals surface area contributed by atoms with Crippen molar-refractivity contribution in [2.24, 2.45) is 5.73 Å². The molecule has 1 heterocycles. The smallest absolute Gasteiger partial charge is 0.390 e. The molecule has 0 atom stereocenters. The van der Waals surface area contributed by atoms with Crippen LogP contribution in [-0.2, 0) is 12.7 Å². The normalized spacial score (nSPS) is 19.2. The topological polar surface area (TPSA) is 49.5 Å². The molecule has 1 aliphatic rings. The number of aliphatic hydroxyl groups is 1.